The minimum Gasteiger partial charge on any atom is -0.0654 e. The Morgan fingerprint density at radius 3 is 1.53 bits per heavy atom. The van der Waals surface area contributed by atoms with Gasteiger partial charge in [0.15, 0.2) is 0 Å². The molecule has 0 unspecified atom stereocenters. The zero-order chi connectivity index (χ0) is 11.6. The van der Waals surface area contributed by atoms with E-state index < -0.39 is 0 Å². The lowest BCUT2D eigenvalue weighted by Gasteiger charge is -2.17. The molecule has 0 atom stereocenters. The van der Waals surface area contributed by atoms with Crippen molar-refractivity contribution in [1.29, 1.82) is 0 Å². The van der Waals surface area contributed by atoms with Crippen LogP contribution in [0.4, 0.5) is 0 Å². The average Bonchev–Trinajstić information content (AvgIpc) is 2.14. The van der Waals surface area contributed by atoms with E-state index in [4.69, 9.17) is 0 Å². The van der Waals surface area contributed by atoms with Gasteiger partial charge in [-0.25, -0.2) is 0 Å². The van der Waals surface area contributed by atoms with Crippen LogP contribution in [0.25, 0.3) is 0 Å². The van der Waals surface area contributed by atoms with Gasteiger partial charge in [-0.2, -0.15) is 0 Å². The van der Waals surface area contributed by atoms with Gasteiger partial charge in [0.2, 0.25) is 0 Å². The van der Waals surface area contributed by atoms with Crippen LogP contribution in [0.2, 0.25) is 5.04 Å². The number of rotatable bonds is 10. The van der Waals surface area contributed by atoms with Crippen molar-refractivity contribution in [2.24, 2.45) is 0 Å². The summed E-state index contributed by atoms with van der Waals surface area (Å²) in [5.41, 5.74) is 0. The van der Waals surface area contributed by atoms with Crippen molar-refractivity contribution >= 4 is 10.2 Å². The average molecular weight is 228 g/mol. The molecule has 0 radical (unpaired) electrons. The van der Waals surface area contributed by atoms with Crippen molar-refractivity contribution in [3.63, 3.8) is 0 Å². The molecule has 0 rings (SSSR count). The molecule has 0 aliphatic heterocycles. The third-order valence-electron chi connectivity index (χ3n) is 3.03. The second-order valence-corrected chi connectivity index (χ2v) is 8.85. The predicted molar refractivity (Wildman–Crippen MR) is 75.8 cm³/mol. The molecule has 0 saturated heterocycles. The van der Waals surface area contributed by atoms with Crippen LogP contribution in [0, 0.1) is 0 Å². The standard InChI is InChI=1S/C14H32Si/c1-4-5-6-7-8-9-10-11-12-13-14(2,3)15/h4-13H2,1-3,15H3. The van der Waals surface area contributed by atoms with E-state index in [1.807, 2.05) is 0 Å². The van der Waals surface area contributed by atoms with Crippen LogP contribution in [0.3, 0.4) is 0 Å². The van der Waals surface area contributed by atoms with Crippen molar-refractivity contribution < 1.29 is 0 Å². The molecule has 0 amide bonds. The lowest BCUT2D eigenvalue weighted by Crippen LogP contribution is -2.01. The molecule has 0 aliphatic rings. The highest BCUT2D eigenvalue weighted by molar-refractivity contribution is 6.14. The first kappa shape index (κ1) is 15.2. The molecule has 0 heterocycles. The predicted octanol–water partition coefficient (Wildman–Crippen LogP) is 4.47. The molecule has 0 spiro atoms. The van der Waals surface area contributed by atoms with Crippen LogP contribution in [-0.4, -0.2) is 10.2 Å². The van der Waals surface area contributed by atoms with Gasteiger partial charge < -0.3 is 0 Å². The van der Waals surface area contributed by atoms with Crippen LogP contribution < -0.4 is 0 Å². The first-order valence-corrected chi connectivity index (χ1v) is 8.06. The third-order valence-corrected chi connectivity index (χ3v) is 3.53. The van der Waals surface area contributed by atoms with Crippen molar-refractivity contribution in [2.75, 3.05) is 0 Å². The molecule has 0 aromatic carbocycles. The Kier molecular flexibility index (Phi) is 9.58. The summed E-state index contributed by atoms with van der Waals surface area (Å²) < 4.78 is 0. The highest BCUT2D eigenvalue weighted by Gasteiger charge is 2.08. The lowest BCUT2D eigenvalue weighted by molar-refractivity contribution is 0.519. The van der Waals surface area contributed by atoms with Gasteiger partial charge >= 0.3 is 0 Å². The van der Waals surface area contributed by atoms with E-state index >= 15 is 0 Å². The first-order chi connectivity index (χ1) is 7.06. The number of unbranched alkanes of at least 4 members (excludes halogenated alkanes) is 8. The van der Waals surface area contributed by atoms with Crippen molar-refractivity contribution in [2.45, 2.75) is 90.0 Å². The third kappa shape index (κ3) is 14.2. The number of hydrogen-bond donors (Lipinski definition) is 0. The smallest absolute Gasteiger partial charge is 0.00994 e. The van der Waals surface area contributed by atoms with Crippen molar-refractivity contribution in [1.82, 2.24) is 0 Å². The van der Waals surface area contributed by atoms with Crippen molar-refractivity contribution in [3.8, 4) is 0 Å². The van der Waals surface area contributed by atoms with E-state index in [9.17, 15) is 0 Å². The summed E-state index contributed by atoms with van der Waals surface area (Å²) in [6, 6.07) is 0. The van der Waals surface area contributed by atoms with Gasteiger partial charge in [-0.3, -0.25) is 0 Å². The van der Waals surface area contributed by atoms with Gasteiger partial charge in [0.25, 0.3) is 0 Å². The summed E-state index contributed by atoms with van der Waals surface area (Å²) in [4.78, 5) is 0. The maximum Gasteiger partial charge on any atom is 0.00994 e. The molecule has 0 nitrogen and oxygen atoms in total. The van der Waals surface area contributed by atoms with E-state index in [1.54, 1.807) is 0 Å². The van der Waals surface area contributed by atoms with E-state index in [0.29, 0.717) is 5.04 Å². The summed E-state index contributed by atoms with van der Waals surface area (Å²) >= 11 is 0. The molecule has 0 fully saturated rings. The maximum atomic E-state index is 2.41. The van der Waals surface area contributed by atoms with Crippen LogP contribution in [0.5, 0.6) is 0 Å². The van der Waals surface area contributed by atoms with E-state index in [1.165, 1.54) is 74.5 Å². The Labute approximate surface area is 101 Å². The Balaban J connectivity index is 2.99. The minimum atomic E-state index is 0.682. The van der Waals surface area contributed by atoms with Gasteiger partial charge in [-0.1, -0.05) is 85.0 Å². The van der Waals surface area contributed by atoms with E-state index in [0.717, 1.165) is 0 Å². The van der Waals surface area contributed by atoms with Gasteiger partial charge in [0.1, 0.15) is 0 Å². The molecule has 0 aromatic rings. The van der Waals surface area contributed by atoms with Gasteiger partial charge in [-0.15, -0.1) is 0 Å². The fourth-order valence-electron chi connectivity index (χ4n) is 1.97. The zero-order valence-corrected chi connectivity index (χ0v) is 13.6. The molecule has 0 aromatic heterocycles. The summed E-state index contributed by atoms with van der Waals surface area (Å²) in [5.74, 6) is 0. The molecule has 92 valence electrons. The van der Waals surface area contributed by atoms with E-state index in [2.05, 4.69) is 20.8 Å². The van der Waals surface area contributed by atoms with Crippen LogP contribution in [0.1, 0.15) is 85.0 Å². The molecule has 0 bridgehead atoms. The van der Waals surface area contributed by atoms with Crippen molar-refractivity contribution in [3.05, 3.63) is 0 Å². The Morgan fingerprint density at radius 1 is 0.733 bits per heavy atom. The van der Waals surface area contributed by atoms with Gasteiger partial charge in [-0.05, 0) is 5.04 Å². The largest absolute Gasteiger partial charge is 0.0654 e. The molecule has 1 heteroatoms. The molecular weight excluding hydrogens is 196 g/mol. The Morgan fingerprint density at radius 2 is 1.13 bits per heavy atom. The monoisotopic (exact) mass is 228 g/mol. The van der Waals surface area contributed by atoms with Crippen LogP contribution >= 0.6 is 0 Å². The number of hydrogen-bond acceptors (Lipinski definition) is 0. The summed E-state index contributed by atoms with van der Waals surface area (Å²) in [6.07, 6.45) is 14.6. The normalized spacial score (nSPS) is 12.2. The highest BCUT2D eigenvalue weighted by atomic mass is 28.1. The SMILES string of the molecule is CCCCCCCCCCCC(C)(C)[SiH3]. The maximum absolute atomic E-state index is 2.41. The van der Waals surface area contributed by atoms with Gasteiger partial charge in [0, 0.05) is 10.2 Å². The zero-order valence-electron chi connectivity index (χ0n) is 11.6. The van der Waals surface area contributed by atoms with Crippen LogP contribution in [0.15, 0.2) is 0 Å². The first-order valence-electron chi connectivity index (χ1n) is 7.06. The Hall–Kier alpha value is 0.217. The molecular formula is C14H32Si. The topological polar surface area (TPSA) is 0 Å². The van der Waals surface area contributed by atoms with Crippen LogP contribution in [-0.2, 0) is 0 Å². The molecule has 0 saturated carbocycles. The lowest BCUT2D eigenvalue weighted by atomic mass is 10.0. The summed E-state index contributed by atoms with van der Waals surface area (Å²) in [6.45, 7) is 7.10. The minimum absolute atomic E-state index is 0.682. The molecule has 0 aliphatic carbocycles. The van der Waals surface area contributed by atoms with Gasteiger partial charge in [0.05, 0.1) is 0 Å². The molecule has 0 N–H and O–H groups in total. The fraction of sp³-hybridized carbons (Fsp3) is 1.00. The summed E-state index contributed by atoms with van der Waals surface area (Å²) in [5, 5.41) is 0.682. The highest BCUT2D eigenvalue weighted by Crippen LogP contribution is 2.26. The van der Waals surface area contributed by atoms with E-state index in [-0.39, 0.29) is 0 Å². The second kappa shape index (κ2) is 9.44. The Bertz CT molecular complexity index is 124. The second-order valence-electron chi connectivity index (χ2n) is 6.14. The summed E-state index contributed by atoms with van der Waals surface area (Å²) in [7, 11) is 1.35. The molecule has 15 heavy (non-hydrogen) atoms. The quantitative estimate of drug-likeness (QED) is 0.382. The fourth-order valence-corrected chi connectivity index (χ4v) is 2.32.